The summed E-state index contributed by atoms with van der Waals surface area (Å²) in [6.45, 7) is 5.92. The minimum atomic E-state index is -0.828. The quantitative estimate of drug-likeness (QED) is 0.830. The number of hydrogen-bond acceptors (Lipinski definition) is 3. The molecule has 0 fully saturated rings. The molecule has 0 aromatic carbocycles. The van der Waals surface area contributed by atoms with Crippen LogP contribution in [0.3, 0.4) is 0 Å². The van der Waals surface area contributed by atoms with Crippen molar-refractivity contribution in [1.82, 2.24) is 5.32 Å². The highest BCUT2D eigenvalue weighted by Crippen LogP contribution is 2.21. The smallest absolute Gasteiger partial charge is 0.407 e. The van der Waals surface area contributed by atoms with Crippen LogP contribution in [-0.4, -0.2) is 29.3 Å². The molecule has 1 aliphatic carbocycles. The summed E-state index contributed by atoms with van der Waals surface area (Å²) < 4.78 is 5.17. The molecule has 0 saturated carbocycles. The van der Waals surface area contributed by atoms with Gasteiger partial charge in [0.15, 0.2) is 0 Å². The van der Waals surface area contributed by atoms with Crippen LogP contribution in [0.25, 0.3) is 0 Å². The lowest BCUT2D eigenvalue weighted by molar-refractivity contribution is -0.136. The minimum Gasteiger partial charge on any atom is -0.481 e. The Kier molecular flexibility index (Phi) is 5.80. The van der Waals surface area contributed by atoms with Crippen molar-refractivity contribution in [3.05, 3.63) is 23.8 Å². The maximum Gasteiger partial charge on any atom is 0.407 e. The van der Waals surface area contributed by atoms with Gasteiger partial charge in [0.25, 0.3) is 0 Å². The third kappa shape index (κ3) is 6.97. The van der Waals surface area contributed by atoms with Crippen LogP contribution in [0.5, 0.6) is 0 Å². The number of ether oxygens (including phenoxy) is 1. The molecular formula is C15H23NO4. The van der Waals surface area contributed by atoms with E-state index in [9.17, 15) is 9.59 Å². The molecule has 20 heavy (non-hydrogen) atoms. The average Bonchev–Trinajstić information content (AvgIpc) is 2.48. The Morgan fingerprint density at radius 1 is 1.45 bits per heavy atom. The van der Waals surface area contributed by atoms with E-state index in [1.165, 1.54) is 0 Å². The van der Waals surface area contributed by atoms with E-state index in [1.807, 2.05) is 39.0 Å². The number of amides is 1. The lowest BCUT2D eigenvalue weighted by Crippen LogP contribution is -2.35. The molecule has 0 radical (unpaired) electrons. The highest BCUT2D eigenvalue weighted by Gasteiger charge is 2.18. The van der Waals surface area contributed by atoms with E-state index >= 15 is 0 Å². The van der Waals surface area contributed by atoms with E-state index in [-0.39, 0.29) is 12.3 Å². The van der Waals surface area contributed by atoms with Crippen LogP contribution in [-0.2, 0) is 9.53 Å². The van der Waals surface area contributed by atoms with E-state index in [0.29, 0.717) is 13.0 Å². The Morgan fingerprint density at radius 2 is 2.15 bits per heavy atom. The average molecular weight is 281 g/mol. The first kappa shape index (κ1) is 16.3. The third-order valence-electron chi connectivity index (χ3n) is 2.80. The number of carbonyl (C=O) groups is 2. The van der Waals surface area contributed by atoms with Crippen molar-refractivity contribution < 1.29 is 19.4 Å². The van der Waals surface area contributed by atoms with Gasteiger partial charge in [-0.05, 0) is 39.5 Å². The van der Waals surface area contributed by atoms with Crippen LogP contribution >= 0.6 is 0 Å². The molecule has 0 aliphatic heterocycles. The Bertz CT molecular complexity index is 418. The van der Waals surface area contributed by atoms with Gasteiger partial charge in [-0.2, -0.15) is 0 Å². The van der Waals surface area contributed by atoms with Gasteiger partial charge >= 0.3 is 12.1 Å². The van der Waals surface area contributed by atoms with Crippen molar-refractivity contribution >= 4 is 12.1 Å². The highest BCUT2D eigenvalue weighted by molar-refractivity contribution is 5.70. The predicted molar refractivity (Wildman–Crippen MR) is 76.4 cm³/mol. The molecule has 5 nitrogen and oxygen atoms in total. The van der Waals surface area contributed by atoms with Crippen molar-refractivity contribution in [2.75, 3.05) is 6.54 Å². The molecule has 1 unspecified atom stereocenters. The first-order valence-corrected chi connectivity index (χ1v) is 6.79. The second-order valence-corrected chi connectivity index (χ2v) is 6.01. The van der Waals surface area contributed by atoms with E-state index in [0.717, 1.165) is 12.0 Å². The fourth-order valence-electron chi connectivity index (χ4n) is 2.02. The van der Waals surface area contributed by atoms with Crippen LogP contribution in [0.1, 0.15) is 40.0 Å². The van der Waals surface area contributed by atoms with Crippen molar-refractivity contribution in [3.63, 3.8) is 0 Å². The number of nitrogens with one attached hydrogen (secondary N) is 1. The summed E-state index contributed by atoms with van der Waals surface area (Å²) in [7, 11) is 0. The first-order valence-electron chi connectivity index (χ1n) is 6.79. The summed E-state index contributed by atoms with van der Waals surface area (Å²) in [5.41, 5.74) is 0.365. The zero-order chi connectivity index (χ0) is 15.2. The molecule has 0 aromatic rings. The molecule has 1 rings (SSSR count). The summed E-state index contributed by atoms with van der Waals surface area (Å²) in [5, 5.41) is 11.6. The van der Waals surface area contributed by atoms with E-state index in [4.69, 9.17) is 9.84 Å². The standard InChI is InChI=1S/C15H23NO4/c1-15(2,3)20-14(19)16-10-12-7-5-4-6-11(8-12)9-13(17)18/h4-6,12H,7-10H2,1-3H3,(H,16,19)(H,17,18). The van der Waals surface area contributed by atoms with Gasteiger partial charge in [-0.15, -0.1) is 0 Å². The summed E-state index contributed by atoms with van der Waals surface area (Å²) in [6.07, 6.45) is 6.83. The molecule has 0 bridgehead atoms. The number of hydrogen-bond donors (Lipinski definition) is 2. The van der Waals surface area contributed by atoms with E-state index in [1.54, 1.807) is 0 Å². The maximum atomic E-state index is 11.6. The topological polar surface area (TPSA) is 75.6 Å². The molecule has 1 atom stereocenters. The van der Waals surface area contributed by atoms with Crippen molar-refractivity contribution in [2.24, 2.45) is 5.92 Å². The molecule has 0 heterocycles. The molecule has 0 saturated heterocycles. The second kappa shape index (κ2) is 7.12. The van der Waals surface area contributed by atoms with Crippen LogP contribution < -0.4 is 5.32 Å². The van der Waals surface area contributed by atoms with E-state index < -0.39 is 17.7 Å². The van der Waals surface area contributed by atoms with Gasteiger partial charge in [-0.25, -0.2) is 4.79 Å². The molecule has 2 N–H and O–H groups in total. The maximum absolute atomic E-state index is 11.6. The number of aliphatic carboxylic acids is 1. The number of carbonyl (C=O) groups excluding carboxylic acids is 1. The van der Waals surface area contributed by atoms with Crippen LogP contribution in [0.4, 0.5) is 4.79 Å². The number of alkyl carbamates (subject to hydrolysis) is 1. The first-order chi connectivity index (χ1) is 9.26. The number of carboxylic acids is 1. The largest absolute Gasteiger partial charge is 0.481 e. The van der Waals surface area contributed by atoms with Crippen molar-refractivity contribution in [3.8, 4) is 0 Å². The normalized spacial score (nSPS) is 18.9. The van der Waals surface area contributed by atoms with Crippen LogP contribution in [0.15, 0.2) is 23.8 Å². The lowest BCUT2D eigenvalue weighted by Gasteiger charge is -2.21. The number of carboxylic acid groups (broad SMARTS) is 1. The molecular weight excluding hydrogens is 258 g/mol. The third-order valence-corrected chi connectivity index (χ3v) is 2.80. The molecule has 0 spiro atoms. The SMILES string of the molecule is CC(C)(C)OC(=O)NCC1CC=CC=C(CC(=O)O)C1. The molecule has 1 aliphatic rings. The zero-order valence-corrected chi connectivity index (χ0v) is 12.3. The Morgan fingerprint density at radius 3 is 2.75 bits per heavy atom. The van der Waals surface area contributed by atoms with E-state index in [2.05, 4.69) is 5.32 Å². The van der Waals surface area contributed by atoms with Crippen LogP contribution in [0, 0.1) is 5.92 Å². The summed E-state index contributed by atoms with van der Waals surface area (Å²) in [4.78, 5) is 22.3. The fraction of sp³-hybridized carbons (Fsp3) is 0.600. The molecule has 112 valence electrons. The van der Waals surface area contributed by atoms with Gasteiger partial charge in [0, 0.05) is 6.54 Å². The highest BCUT2D eigenvalue weighted by atomic mass is 16.6. The van der Waals surface area contributed by atoms with Gasteiger partial charge in [0.2, 0.25) is 0 Å². The predicted octanol–water partition coefficient (Wildman–Crippen LogP) is 2.88. The Hall–Kier alpha value is -1.78. The fourth-order valence-corrected chi connectivity index (χ4v) is 2.02. The van der Waals surface area contributed by atoms with Gasteiger partial charge in [-0.3, -0.25) is 4.79 Å². The van der Waals surface area contributed by atoms with Crippen molar-refractivity contribution in [2.45, 2.75) is 45.6 Å². The minimum absolute atomic E-state index is 0.0489. The zero-order valence-electron chi connectivity index (χ0n) is 12.3. The molecule has 0 aromatic heterocycles. The lowest BCUT2D eigenvalue weighted by atomic mass is 9.96. The van der Waals surface area contributed by atoms with Gasteiger partial charge < -0.3 is 15.2 Å². The Balaban J connectivity index is 2.44. The second-order valence-electron chi connectivity index (χ2n) is 6.01. The molecule has 5 heteroatoms. The summed E-state index contributed by atoms with van der Waals surface area (Å²) >= 11 is 0. The number of rotatable bonds is 4. The van der Waals surface area contributed by atoms with Gasteiger partial charge in [0.1, 0.15) is 5.60 Å². The summed E-state index contributed by atoms with van der Waals surface area (Å²) in [6, 6.07) is 0. The Labute approximate surface area is 119 Å². The van der Waals surface area contributed by atoms with Gasteiger partial charge in [-0.1, -0.05) is 23.8 Å². The monoisotopic (exact) mass is 281 g/mol. The summed E-state index contributed by atoms with van der Waals surface area (Å²) in [5.74, 6) is -0.628. The van der Waals surface area contributed by atoms with Gasteiger partial charge in [0.05, 0.1) is 6.42 Å². The molecule has 1 amide bonds. The van der Waals surface area contributed by atoms with Crippen molar-refractivity contribution in [1.29, 1.82) is 0 Å². The van der Waals surface area contributed by atoms with Crippen LogP contribution in [0.2, 0.25) is 0 Å². The number of allylic oxidation sites excluding steroid dienone is 3.